The Bertz CT molecular complexity index is 290. The molecule has 0 fully saturated rings. The maximum absolute atomic E-state index is 11.9. The highest BCUT2D eigenvalue weighted by Gasteiger charge is 2.25. The minimum absolute atomic E-state index is 0.00251. The van der Waals surface area contributed by atoms with E-state index in [4.69, 9.17) is 26.4 Å². The van der Waals surface area contributed by atoms with Gasteiger partial charge in [-0.15, -0.1) is 0 Å². The quantitative estimate of drug-likeness (QED) is 0.337. The third-order valence-electron chi connectivity index (χ3n) is 1.32. The van der Waals surface area contributed by atoms with E-state index in [0.29, 0.717) is 0 Å². The third-order valence-corrected chi connectivity index (χ3v) is 2.90. The Morgan fingerprint density at radius 3 is 1.76 bits per heavy atom. The lowest BCUT2D eigenvalue weighted by molar-refractivity contribution is 0.0853. The Labute approximate surface area is 101 Å². The average Bonchev–Trinajstić information content (AvgIpc) is 2.31. The first-order chi connectivity index (χ1) is 8.18. The molecule has 0 amide bonds. The van der Waals surface area contributed by atoms with Gasteiger partial charge in [-0.1, -0.05) is 12.8 Å². The Kier molecular flexibility index (Phi) is 9.33. The molecule has 0 aromatic heterocycles. The van der Waals surface area contributed by atoms with Gasteiger partial charge in [-0.25, -0.2) is 4.57 Å². The van der Waals surface area contributed by atoms with Gasteiger partial charge in [-0.3, -0.25) is 13.6 Å². The predicted octanol–water partition coefficient (Wildman–Crippen LogP) is 1.38. The van der Waals surface area contributed by atoms with E-state index in [1.54, 1.807) is 6.92 Å². The maximum Gasteiger partial charge on any atom is 0.475 e. The van der Waals surface area contributed by atoms with Crippen molar-refractivity contribution < 1.29 is 27.6 Å². The fraction of sp³-hybridized carbons (Fsp3) is 0.600. The summed E-state index contributed by atoms with van der Waals surface area (Å²) in [5.41, 5.74) is 0. The van der Waals surface area contributed by atoms with E-state index in [1.807, 2.05) is 12.2 Å². The van der Waals surface area contributed by atoms with E-state index in [1.165, 1.54) is 0 Å². The molecule has 0 aromatic rings. The zero-order valence-corrected chi connectivity index (χ0v) is 10.5. The van der Waals surface area contributed by atoms with Crippen molar-refractivity contribution in [2.75, 3.05) is 33.0 Å². The highest BCUT2D eigenvalue weighted by molar-refractivity contribution is 7.48. The van der Waals surface area contributed by atoms with Crippen LogP contribution < -0.4 is 0 Å². The van der Waals surface area contributed by atoms with Crippen LogP contribution in [0, 0.1) is 25.1 Å². The van der Waals surface area contributed by atoms with Crippen molar-refractivity contribution in [3.63, 3.8) is 0 Å². The molecular weight excluding hydrogens is 247 g/mol. The summed E-state index contributed by atoms with van der Waals surface area (Å²) < 4.78 is 35.8. The molecule has 0 heterocycles. The fourth-order valence-corrected chi connectivity index (χ4v) is 1.91. The molecule has 17 heavy (non-hydrogen) atoms. The number of phosphoric ester groups is 1. The first-order valence-electron chi connectivity index (χ1n) is 4.87. The Morgan fingerprint density at radius 2 is 1.41 bits per heavy atom. The molecule has 0 aliphatic carbocycles. The topological polar surface area (TPSA) is 63.2 Å². The molecule has 0 radical (unpaired) electrons. The third kappa shape index (κ3) is 8.62. The highest BCUT2D eigenvalue weighted by Crippen LogP contribution is 2.48. The smallest absolute Gasteiger partial charge is 0.444 e. The summed E-state index contributed by atoms with van der Waals surface area (Å²) in [7, 11) is -3.60. The SMILES string of the molecule is C#COCCOP(=O)(OCC)OCCOC#C. The second-order valence-corrected chi connectivity index (χ2v) is 4.13. The molecule has 0 aromatic carbocycles. The minimum atomic E-state index is -3.60. The zero-order valence-electron chi connectivity index (χ0n) is 9.59. The van der Waals surface area contributed by atoms with Crippen molar-refractivity contribution in [2.45, 2.75) is 6.92 Å². The van der Waals surface area contributed by atoms with E-state index >= 15 is 0 Å². The van der Waals surface area contributed by atoms with Crippen LogP contribution in [0.1, 0.15) is 6.92 Å². The molecule has 0 atom stereocenters. The van der Waals surface area contributed by atoms with Gasteiger partial charge in [-0.2, -0.15) is 0 Å². The van der Waals surface area contributed by atoms with Gasteiger partial charge in [0.05, 0.1) is 19.8 Å². The first kappa shape index (κ1) is 15.8. The van der Waals surface area contributed by atoms with Gasteiger partial charge >= 0.3 is 7.82 Å². The maximum atomic E-state index is 11.9. The first-order valence-corrected chi connectivity index (χ1v) is 6.33. The minimum Gasteiger partial charge on any atom is -0.444 e. The highest BCUT2D eigenvalue weighted by atomic mass is 31.2. The van der Waals surface area contributed by atoms with Gasteiger partial charge in [0.15, 0.2) is 0 Å². The molecule has 0 unspecified atom stereocenters. The van der Waals surface area contributed by atoms with Crippen LogP contribution in [0.15, 0.2) is 0 Å². The second kappa shape index (κ2) is 10.0. The van der Waals surface area contributed by atoms with Crippen LogP contribution in [-0.4, -0.2) is 33.0 Å². The van der Waals surface area contributed by atoms with Crippen LogP contribution in [0.4, 0.5) is 0 Å². The van der Waals surface area contributed by atoms with Crippen molar-refractivity contribution in [1.29, 1.82) is 0 Å². The summed E-state index contributed by atoms with van der Waals surface area (Å²) in [4.78, 5) is 0. The number of phosphoric acid groups is 1. The standard InChI is InChI=1S/C10H15O6P/c1-4-12-7-9-15-17(11,14-6-3)16-10-8-13-5-2/h1-2H,6-10H2,3H3. The van der Waals surface area contributed by atoms with E-state index in [0.717, 1.165) is 0 Å². The molecule has 0 saturated carbocycles. The molecule has 0 N–H and O–H groups in total. The van der Waals surface area contributed by atoms with Crippen LogP contribution in [-0.2, 0) is 27.6 Å². The number of ether oxygens (including phenoxy) is 2. The number of hydrogen-bond donors (Lipinski definition) is 0. The molecule has 0 aliphatic rings. The van der Waals surface area contributed by atoms with Crippen molar-refractivity contribution in [3.8, 4) is 25.1 Å². The second-order valence-electron chi connectivity index (χ2n) is 2.46. The predicted molar refractivity (Wildman–Crippen MR) is 60.7 cm³/mol. The van der Waals surface area contributed by atoms with Crippen LogP contribution >= 0.6 is 7.82 Å². The summed E-state index contributed by atoms with van der Waals surface area (Å²) in [6, 6.07) is 0. The van der Waals surface area contributed by atoms with Gasteiger partial charge in [0, 0.05) is 0 Å². The van der Waals surface area contributed by atoms with Crippen molar-refractivity contribution in [2.24, 2.45) is 0 Å². The fourth-order valence-electron chi connectivity index (χ4n) is 0.769. The summed E-state index contributed by atoms with van der Waals surface area (Å²) in [6.07, 6.45) is 13.6. The summed E-state index contributed by atoms with van der Waals surface area (Å²) in [5, 5.41) is 0. The van der Waals surface area contributed by atoms with Crippen LogP contribution in [0.2, 0.25) is 0 Å². The van der Waals surface area contributed by atoms with Gasteiger partial charge in [-0.05, 0) is 6.92 Å². The number of terminal acetylenes is 2. The molecule has 96 valence electrons. The average molecular weight is 262 g/mol. The van der Waals surface area contributed by atoms with Crippen LogP contribution in [0.3, 0.4) is 0 Å². The van der Waals surface area contributed by atoms with Gasteiger partial charge in [0.1, 0.15) is 25.4 Å². The Morgan fingerprint density at radius 1 is 0.941 bits per heavy atom. The van der Waals surface area contributed by atoms with Gasteiger partial charge in [0.25, 0.3) is 0 Å². The monoisotopic (exact) mass is 262 g/mol. The molecule has 0 spiro atoms. The van der Waals surface area contributed by atoms with Gasteiger partial charge in [0.2, 0.25) is 0 Å². The Balaban J connectivity index is 3.95. The number of rotatable bonds is 10. The summed E-state index contributed by atoms with van der Waals surface area (Å²) in [5.74, 6) is 0. The summed E-state index contributed by atoms with van der Waals surface area (Å²) in [6.45, 7) is 2.03. The van der Waals surface area contributed by atoms with E-state index in [2.05, 4.69) is 9.47 Å². The molecule has 0 rings (SSSR count). The van der Waals surface area contributed by atoms with E-state index < -0.39 is 7.82 Å². The van der Waals surface area contributed by atoms with Gasteiger partial charge < -0.3 is 9.47 Å². The lowest BCUT2D eigenvalue weighted by Crippen LogP contribution is -2.07. The Hall–Kier alpha value is -1.17. The molecule has 0 bridgehead atoms. The molecule has 0 aliphatic heterocycles. The normalized spacial score (nSPS) is 10.3. The number of hydrogen-bond acceptors (Lipinski definition) is 6. The zero-order chi connectivity index (χ0) is 13.0. The van der Waals surface area contributed by atoms with Crippen LogP contribution in [0.5, 0.6) is 0 Å². The van der Waals surface area contributed by atoms with E-state index in [-0.39, 0.29) is 33.0 Å². The lowest BCUT2D eigenvalue weighted by atomic mass is 10.8. The lowest BCUT2D eigenvalue weighted by Gasteiger charge is -2.16. The van der Waals surface area contributed by atoms with Crippen molar-refractivity contribution >= 4 is 7.82 Å². The van der Waals surface area contributed by atoms with Crippen molar-refractivity contribution in [1.82, 2.24) is 0 Å². The molecule has 7 heteroatoms. The summed E-state index contributed by atoms with van der Waals surface area (Å²) >= 11 is 0. The van der Waals surface area contributed by atoms with Crippen LogP contribution in [0.25, 0.3) is 0 Å². The van der Waals surface area contributed by atoms with E-state index in [9.17, 15) is 4.57 Å². The molecular formula is C10H15O6P. The largest absolute Gasteiger partial charge is 0.475 e. The van der Waals surface area contributed by atoms with Crippen molar-refractivity contribution in [3.05, 3.63) is 0 Å². The molecule has 6 nitrogen and oxygen atoms in total. The molecule has 0 saturated heterocycles.